The maximum absolute atomic E-state index is 14.3. The second-order valence-electron chi connectivity index (χ2n) is 18.0. The molecule has 5 aliphatic carbocycles. The van der Waals surface area contributed by atoms with Crippen molar-refractivity contribution in [2.45, 2.75) is 84.5 Å². The number of esters is 1. The molecule has 1 aliphatic heterocycles. The number of fused-ring (bicyclic) bond motifs is 5. The van der Waals surface area contributed by atoms with Gasteiger partial charge < -0.3 is 23.9 Å². The Hall–Kier alpha value is -4.50. The van der Waals surface area contributed by atoms with E-state index in [1.54, 1.807) is 38.5 Å². The lowest BCUT2D eigenvalue weighted by Crippen LogP contribution is -2.70. The quantitative estimate of drug-likeness (QED) is 0.157. The van der Waals surface area contributed by atoms with Crippen LogP contribution in [0.1, 0.15) is 94.5 Å². The van der Waals surface area contributed by atoms with E-state index in [1.165, 1.54) is 34.8 Å². The van der Waals surface area contributed by atoms with Gasteiger partial charge in [-0.15, -0.1) is 12.4 Å². The molecule has 1 saturated heterocycles. The maximum atomic E-state index is 14.3. The number of halogens is 1. The molecule has 8 nitrogen and oxygen atoms in total. The molecular weight excluding hydrogens is 738 g/mol. The molecule has 8 unspecified atom stereocenters. The second kappa shape index (κ2) is 14.1. The number of furan rings is 1. The first-order chi connectivity index (χ1) is 26.5. The van der Waals surface area contributed by atoms with Gasteiger partial charge in [-0.3, -0.25) is 14.4 Å². The zero-order valence-corrected chi connectivity index (χ0v) is 34.9. The minimum absolute atomic E-state index is 0. The average Bonchev–Trinajstić information content (AvgIpc) is 3.58. The fraction of sp³-hybridized carbons (Fsp3) is 0.438. The number of carbonyl (C=O) groups excluding carboxylic acids is 3. The normalized spacial score (nSPS) is 33.6. The Morgan fingerprint density at radius 1 is 0.947 bits per heavy atom. The Morgan fingerprint density at radius 2 is 1.58 bits per heavy atom. The summed E-state index contributed by atoms with van der Waals surface area (Å²) in [5.74, 6) is -1.84. The van der Waals surface area contributed by atoms with Crippen LogP contribution in [-0.2, 0) is 23.9 Å². The van der Waals surface area contributed by atoms with Crippen LogP contribution in [0.5, 0.6) is 0 Å². The number of Topliss-reactive ketones (excluding diaryl/α,β-unsaturated/α-hetero) is 1. The summed E-state index contributed by atoms with van der Waals surface area (Å²) >= 11 is 0. The third-order valence-corrected chi connectivity index (χ3v) is 14.2. The lowest BCUT2D eigenvalue weighted by molar-refractivity contribution is -0.200. The van der Waals surface area contributed by atoms with Crippen LogP contribution < -0.4 is 0 Å². The summed E-state index contributed by atoms with van der Waals surface area (Å²) in [5.41, 5.74) is 3.55. The Bertz CT molecular complexity index is 2200. The SMILES string of the molecule is CC(=O)OC1CC2(C)C(c3ccoc3)CC3OC32C2(C)C(=O)C(O)=C3C(C)(C)C(=O)C=CC3(C)C12.CN(C)CCC=C1c2ccccc2C=Cc2ccccc21.Cl. The third kappa shape index (κ3) is 5.80. The van der Waals surface area contributed by atoms with Crippen molar-refractivity contribution in [3.63, 3.8) is 0 Å². The molecule has 1 N–H and O–H groups in total. The van der Waals surface area contributed by atoms with Gasteiger partial charge in [0, 0.05) is 30.2 Å². The van der Waals surface area contributed by atoms with Crippen LogP contribution in [0.4, 0.5) is 0 Å². The Kier molecular flexibility index (Phi) is 10.1. The molecule has 8 atom stereocenters. The molecule has 2 aromatic carbocycles. The van der Waals surface area contributed by atoms with E-state index in [0.29, 0.717) is 18.4 Å². The van der Waals surface area contributed by atoms with Gasteiger partial charge in [-0.2, -0.15) is 0 Å². The average molecular weight is 792 g/mol. The molecule has 9 heteroatoms. The number of benzene rings is 2. The highest BCUT2D eigenvalue weighted by Crippen LogP contribution is 2.81. The van der Waals surface area contributed by atoms with E-state index in [2.05, 4.69) is 92.7 Å². The molecule has 0 radical (unpaired) electrons. The standard InChI is InChI=1S/C28H32O7.C20H21N.ClH/c1-14(29)34-17-12-26(5)16(15-8-10-33-13-15)11-19-28(26,35-19)27(6)21(17)25(4)9-7-18(30)24(2,3)22(25)20(31)23(27)32;1-21(2)15-7-12-20-18-10-5-3-8-16(18)13-14-17-9-4-6-11-19(17)20;/h7-10,13,16-17,19,21,31H,11-12H2,1-6H3;3-6,8-14H,7,15H2,1-2H3;1H. The number of aliphatic hydroxyl groups excluding tert-OH is 1. The topological polar surface area (TPSA) is 110 Å². The van der Waals surface area contributed by atoms with Gasteiger partial charge in [-0.25, -0.2) is 0 Å². The van der Waals surface area contributed by atoms with Crippen molar-refractivity contribution in [3.8, 4) is 0 Å². The highest BCUT2D eigenvalue weighted by molar-refractivity contribution is 6.06. The van der Waals surface area contributed by atoms with E-state index in [0.717, 1.165) is 18.5 Å². The minimum Gasteiger partial charge on any atom is -0.504 e. The van der Waals surface area contributed by atoms with E-state index in [9.17, 15) is 19.5 Å². The van der Waals surface area contributed by atoms with Crippen molar-refractivity contribution in [1.82, 2.24) is 4.90 Å². The summed E-state index contributed by atoms with van der Waals surface area (Å²) in [6.07, 6.45) is 15.1. The monoisotopic (exact) mass is 791 g/mol. The Morgan fingerprint density at radius 3 is 2.16 bits per heavy atom. The summed E-state index contributed by atoms with van der Waals surface area (Å²) in [4.78, 5) is 41.8. The van der Waals surface area contributed by atoms with Crippen LogP contribution >= 0.6 is 12.4 Å². The fourth-order valence-electron chi connectivity index (χ4n) is 12.0. The highest BCUT2D eigenvalue weighted by Gasteiger charge is 2.89. The summed E-state index contributed by atoms with van der Waals surface area (Å²) in [6.45, 7) is 11.9. The molecule has 0 bridgehead atoms. The molecule has 3 aromatic rings. The molecule has 3 fully saturated rings. The third-order valence-electron chi connectivity index (χ3n) is 14.2. The molecule has 2 saturated carbocycles. The number of ether oxygens (including phenoxy) is 2. The highest BCUT2D eigenvalue weighted by atomic mass is 35.5. The van der Waals surface area contributed by atoms with Crippen LogP contribution in [0.25, 0.3) is 17.7 Å². The van der Waals surface area contributed by atoms with E-state index in [4.69, 9.17) is 13.9 Å². The van der Waals surface area contributed by atoms with Gasteiger partial charge in [-0.05, 0) is 111 Å². The number of ketones is 2. The number of aliphatic hydroxyl groups is 1. The smallest absolute Gasteiger partial charge is 0.302 e. The molecule has 6 aliphatic rings. The molecule has 1 spiro atoms. The first kappa shape index (κ1) is 40.7. The van der Waals surface area contributed by atoms with Crippen molar-refractivity contribution in [3.05, 3.63) is 125 Å². The van der Waals surface area contributed by atoms with Crippen LogP contribution in [0.2, 0.25) is 0 Å². The summed E-state index contributed by atoms with van der Waals surface area (Å²) in [7, 11) is 4.24. The van der Waals surface area contributed by atoms with E-state index in [1.807, 2.05) is 19.9 Å². The van der Waals surface area contributed by atoms with Crippen molar-refractivity contribution < 1.29 is 33.4 Å². The number of hydrogen-bond acceptors (Lipinski definition) is 8. The van der Waals surface area contributed by atoms with Crippen molar-refractivity contribution >= 4 is 47.7 Å². The number of carbonyl (C=O) groups is 3. The molecule has 0 amide bonds. The van der Waals surface area contributed by atoms with Gasteiger partial charge in [0.1, 0.15) is 11.7 Å². The molecule has 2 heterocycles. The van der Waals surface area contributed by atoms with Gasteiger partial charge in [0.2, 0.25) is 5.78 Å². The number of epoxide rings is 1. The van der Waals surface area contributed by atoms with E-state index >= 15 is 0 Å². The molecular formula is C48H54ClNO7. The summed E-state index contributed by atoms with van der Waals surface area (Å²) < 4.78 is 17.9. The minimum atomic E-state index is -1.17. The summed E-state index contributed by atoms with van der Waals surface area (Å²) in [6, 6.07) is 19.2. The lowest BCUT2D eigenvalue weighted by Gasteiger charge is -2.64. The first-order valence-electron chi connectivity index (χ1n) is 19.8. The maximum Gasteiger partial charge on any atom is 0.302 e. The van der Waals surface area contributed by atoms with Crippen LogP contribution in [0.3, 0.4) is 0 Å². The zero-order valence-electron chi connectivity index (χ0n) is 34.1. The number of allylic oxidation sites excluding steroid dienone is 4. The second-order valence-corrected chi connectivity index (χ2v) is 18.0. The van der Waals surface area contributed by atoms with Gasteiger partial charge >= 0.3 is 5.97 Å². The molecule has 300 valence electrons. The fourth-order valence-corrected chi connectivity index (χ4v) is 12.0. The first-order valence-corrected chi connectivity index (χ1v) is 19.8. The van der Waals surface area contributed by atoms with Gasteiger partial charge in [0.15, 0.2) is 11.5 Å². The molecule has 57 heavy (non-hydrogen) atoms. The van der Waals surface area contributed by atoms with Crippen molar-refractivity contribution in [2.24, 2.45) is 27.6 Å². The van der Waals surface area contributed by atoms with Gasteiger partial charge in [0.05, 0.1) is 29.5 Å². The molecule has 9 rings (SSSR count). The van der Waals surface area contributed by atoms with Crippen molar-refractivity contribution in [2.75, 3.05) is 20.6 Å². The zero-order chi connectivity index (χ0) is 40.0. The molecule has 1 aromatic heterocycles. The van der Waals surface area contributed by atoms with Crippen molar-refractivity contribution in [1.29, 1.82) is 0 Å². The van der Waals surface area contributed by atoms with Crippen LogP contribution in [0.15, 0.2) is 101 Å². The van der Waals surface area contributed by atoms with Crippen LogP contribution in [-0.4, -0.2) is 66.0 Å². The number of nitrogens with zero attached hydrogens (tertiary/aromatic N) is 1. The lowest BCUT2D eigenvalue weighted by atomic mass is 9.38. The predicted molar refractivity (Wildman–Crippen MR) is 224 cm³/mol. The summed E-state index contributed by atoms with van der Waals surface area (Å²) in [5, 5.41) is 11.5. The Balaban J connectivity index is 0.000000193. The number of hydrogen-bond donors (Lipinski definition) is 1. The Labute approximate surface area is 342 Å². The van der Waals surface area contributed by atoms with Crippen LogP contribution in [0, 0.1) is 27.6 Å². The largest absolute Gasteiger partial charge is 0.504 e. The van der Waals surface area contributed by atoms with E-state index < -0.39 is 51.0 Å². The van der Waals surface area contributed by atoms with Gasteiger partial charge in [0.25, 0.3) is 0 Å². The predicted octanol–water partition coefficient (Wildman–Crippen LogP) is 9.41. The van der Waals surface area contributed by atoms with E-state index in [-0.39, 0.29) is 36.0 Å². The number of rotatable bonds is 5. The van der Waals surface area contributed by atoms with Gasteiger partial charge in [-0.1, -0.05) is 86.7 Å².